The van der Waals surface area contributed by atoms with Gasteiger partial charge in [0.05, 0.1) is 6.33 Å². The monoisotopic (exact) mass is 207 g/mol. The van der Waals surface area contributed by atoms with Crippen LogP contribution >= 0.6 is 11.9 Å². The zero-order valence-corrected chi connectivity index (χ0v) is 7.41. The Morgan fingerprint density at radius 2 is 2.54 bits per heavy atom. The molecule has 0 aliphatic heterocycles. The van der Waals surface area contributed by atoms with E-state index in [0.717, 1.165) is 5.69 Å². The van der Waals surface area contributed by atoms with Crippen LogP contribution in [-0.2, 0) is 15.5 Å². The Bertz CT molecular complexity index is 252. The maximum atomic E-state index is 10.7. The number of rotatable bonds is 3. The molecule has 74 valence electrons. The molecule has 5 N–H and O–H groups in total. The third-order valence-corrected chi connectivity index (χ3v) is 1.53. The summed E-state index contributed by atoms with van der Waals surface area (Å²) in [6, 6.07) is -0.747. The van der Waals surface area contributed by atoms with E-state index in [9.17, 15) is 4.79 Å². The molecule has 0 aromatic carbocycles. The number of nitrogens with two attached hydrogens (primary N) is 1. The fraction of sp³-hybridized carbons (Fsp3) is 0.333. The maximum absolute atomic E-state index is 10.7. The van der Waals surface area contributed by atoms with Crippen LogP contribution in [0.4, 0.5) is 0 Å². The molecule has 0 radical (unpaired) electrons. The van der Waals surface area contributed by atoms with Crippen LogP contribution in [0.2, 0.25) is 0 Å². The lowest BCUT2D eigenvalue weighted by atomic mass is 10.2. The van der Waals surface area contributed by atoms with Gasteiger partial charge in [-0.05, 0) is 0 Å². The van der Waals surface area contributed by atoms with Crippen molar-refractivity contribution in [3.63, 3.8) is 0 Å². The Balaban J connectivity index is 0.00000144. The maximum Gasteiger partial charge on any atom is 0.341 e. The van der Waals surface area contributed by atoms with Crippen molar-refractivity contribution in [3.05, 3.63) is 18.2 Å². The van der Waals surface area contributed by atoms with E-state index in [-0.39, 0.29) is 5.48 Å². The predicted octanol–water partition coefficient (Wildman–Crippen LogP) is -0.848. The second kappa shape index (κ2) is 5.52. The highest BCUT2D eigenvalue weighted by Gasteiger charge is 2.15. The first-order valence-electron chi connectivity index (χ1n) is 3.29. The number of nitrogens with zero attached hydrogens (tertiary/aromatic N) is 1. The van der Waals surface area contributed by atoms with Gasteiger partial charge in [0.1, 0.15) is 17.9 Å². The normalized spacial score (nSPS) is 11.5. The topological polar surface area (TPSA) is 112 Å². The Labute approximate surface area is 79.5 Å². The van der Waals surface area contributed by atoms with Gasteiger partial charge < -0.3 is 20.5 Å². The largest absolute Gasteiger partial charge is 0.412 e. The predicted molar refractivity (Wildman–Crippen MR) is 45.8 cm³/mol. The van der Waals surface area contributed by atoms with Crippen molar-refractivity contribution in [3.8, 4) is 0 Å². The zero-order valence-electron chi connectivity index (χ0n) is 6.66. The molecule has 13 heavy (non-hydrogen) atoms. The first-order valence-corrected chi connectivity index (χ1v) is 3.60. The van der Waals surface area contributed by atoms with Crippen LogP contribution in [0.25, 0.3) is 0 Å². The summed E-state index contributed by atoms with van der Waals surface area (Å²) in [6.07, 6.45) is 3.43. The van der Waals surface area contributed by atoms with Crippen molar-refractivity contribution >= 4 is 17.8 Å². The molecule has 0 unspecified atom stereocenters. The van der Waals surface area contributed by atoms with Gasteiger partial charge in [-0.25, -0.2) is 9.78 Å². The van der Waals surface area contributed by atoms with Crippen LogP contribution in [0, 0.1) is 0 Å². The molecule has 0 amide bonds. The molecule has 0 saturated heterocycles. The summed E-state index contributed by atoms with van der Waals surface area (Å²) >= 11 is 4.83. The smallest absolute Gasteiger partial charge is 0.341 e. The van der Waals surface area contributed by atoms with Gasteiger partial charge in [-0.3, -0.25) is 0 Å². The molecule has 1 heterocycles. The fourth-order valence-corrected chi connectivity index (χ4v) is 0.888. The third-order valence-electron chi connectivity index (χ3n) is 1.37. The van der Waals surface area contributed by atoms with Crippen LogP contribution < -0.4 is 5.73 Å². The quantitative estimate of drug-likeness (QED) is 0.672. The van der Waals surface area contributed by atoms with Gasteiger partial charge in [0.25, 0.3) is 0 Å². The molecule has 7 heteroatoms. The number of hydrogen-bond acceptors (Lipinski definition) is 4. The lowest BCUT2D eigenvalue weighted by Crippen LogP contribution is -2.32. The number of aromatic nitrogens is 2. The van der Waals surface area contributed by atoms with E-state index in [4.69, 9.17) is 17.6 Å². The van der Waals surface area contributed by atoms with Crippen LogP contribution in [0.3, 0.4) is 0 Å². The van der Waals surface area contributed by atoms with E-state index < -0.39 is 12.0 Å². The number of halogens is 1. The molecule has 1 aromatic rings. The Morgan fingerprint density at radius 1 is 1.85 bits per heavy atom. The van der Waals surface area contributed by atoms with E-state index in [1.165, 1.54) is 6.33 Å². The summed E-state index contributed by atoms with van der Waals surface area (Å²) < 4.78 is 3.93. The van der Waals surface area contributed by atoms with Crippen molar-refractivity contribution in [1.82, 2.24) is 9.97 Å². The van der Waals surface area contributed by atoms with Gasteiger partial charge in [-0.1, -0.05) is 0 Å². The minimum atomic E-state index is -0.747. The van der Waals surface area contributed by atoms with E-state index in [1.54, 1.807) is 6.20 Å². The second-order valence-electron chi connectivity index (χ2n) is 2.28. The van der Waals surface area contributed by atoms with Crippen LogP contribution in [0.1, 0.15) is 5.69 Å². The number of aromatic amines is 1. The Hall–Kier alpha value is -1.11. The molecule has 0 aliphatic carbocycles. The van der Waals surface area contributed by atoms with Crippen LogP contribution in [0.5, 0.6) is 0 Å². The van der Waals surface area contributed by atoms with E-state index >= 15 is 0 Å². The van der Waals surface area contributed by atoms with E-state index in [0.29, 0.717) is 6.42 Å². The molecule has 0 fully saturated rings. The number of carbonyl (C=O) groups excluding carboxylic acids is 1. The van der Waals surface area contributed by atoms with Crippen molar-refractivity contribution in [2.45, 2.75) is 12.5 Å². The molecular formula is C6H10ClN3O3. The number of carbonyl (C=O) groups is 1. The average Bonchev–Trinajstić information content (AvgIpc) is 2.55. The molecule has 0 aliphatic rings. The highest BCUT2D eigenvalue weighted by Crippen LogP contribution is 1.98. The lowest BCUT2D eigenvalue weighted by molar-refractivity contribution is -0.135. The van der Waals surface area contributed by atoms with Gasteiger partial charge >= 0.3 is 5.97 Å². The molecule has 0 spiro atoms. The number of hydrogen-bond donors (Lipinski definition) is 2. The van der Waals surface area contributed by atoms with Gasteiger partial charge in [-0.2, -0.15) is 0 Å². The number of H-pyrrole nitrogens is 1. The molecule has 1 aromatic heterocycles. The standard InChI is InChI=1S/C6H8ClN3O2.H2O/c7-12-6(11)5(8)1-4-2-9-3-10-4;/h2-3,5H,1,8H2,(H,9,10);1H2/t5-;/m0./s1. The highest BCUT2D eigenvalue weighted by molar-refractivity contribution is 6.13. The van der Waals surface area contributed by atoms with Crippen molar-refractivity contribution in [2.75, 3.05) is 0 Å². The summed E-state index contributed by atoms with van der Waals surface area (Å²) in [4.78, 5) is 17.3. The molecule has 6 nitrogen and oxygen atoms in total. The number of nitrogens with one attached hydrogen (secondary N) is 1. The third kappa shape index (κ3) is 3.41. The van der Waals surface area contributed by atoms with Gasteiger partial charge in [-0.15, -0.1) is 0 Å². The van der Waals surface area contributed by atoms with Gasteiger partial charge in [0.2, 0.25) is 0 Å². The minimum absolute atomic E-state index is 0. The Morgan fingerprint density at radius 3 is 3.00 bits per heavy atom. The average molecular weight is 208 g/mol. The van der Waals surface area contributed by atoms with E-state index in [2.05, 4.69) is 14.3 Å². The van der Waals surface area contributed by atoms with E-state index in [1.807, 2.05) is 0 Å². The van der Waals surface area contributed by atoms with Crippen molar-refractivity contribution in [2.24, 2.45) is 5.73 Å². The molecule has 0 saturated carbocycles. The molecular weight excluding hydrogens is 198 g/mol. The summed E-state index contributed by atoms with van der Waals surface area (Å²) in [5.41, 5.74) is 6.18. The first-order chi connectivity index (χ1) is 5.74. The molecule has 0 bridgehead atoms. The second-order valence-corrected chi connectivity index (χ2v) is 2.44. The summed E-state index contributed by atoms with van der Waals surface area (Å²) in [5, 5.41) is 0. The summed E-state index contributed by atoms with van der Waals surface area (Å²) in [5.74, 6) is -0.647. The van der Waals surface area contributed by atoms with Gasteiger partial charge in [0.15, 0.2) is 0 Å². The number of imidazole rings is 1. The van der Waals surface area contributed by atoms with Crippen molar-refractivity contribution in [1.29, 1.82) is 0 Å². The zero-order chi connectivity index (χ0) is 8.97. The molecule has 1 rings (SSSR count). The van der Waals surface area contributed by atoms with Crippen molar-refractivity contribution < 1.29 is 14.6 Å². The van der Waals surface area contributed by atoms with Gasteiger partial charge in [0, 0.05) is 18.3 Å². The highest BCUT2D eigenvalue weighted by atomic mass is 35.5. The fourth-order valence-electron chi connectivity index (χ4n) is 0.774. The Kier molecular flexibility index (Phi) is 5.05. The summed E-state index contributed by atoms with van der Waals surface area (Å²) in [7, 11) is 0. The molecule has 1 atom stereocenters. The first kappa shape index (κ1) is 11.9. The lowest BCUT2D eigenvalue weighted by Gasteiger charge is -2.04. The van der Waals surface area contributed by atoms with Crippen LogP contribution in [-0.4, -0.2) is 27.5 Å². The van der Waals surface area contributed by atoms with Crippen LogP contribution in [0.15, 0.2) is 12.5 Å². The minimum Gasteiger partial charge on any atom is -0.412 e. The summed E-state index contributed by atoms with van der Waals surface area (Å²) in [6.45, 7) is 0. The SMILES string of the molecule is N[C@@H](Cc1cnc[nH]1)C(=O)OCl.O.